The third kappa shape index (κ3) is 7.44. The molecule has 1 N–H and O–H groups in total. The zero-order valence-corrected chi connectivity index (χ0v) is 20.8. The molecule has 2 heterocycles. The van der Waals surface area contributed by atoms with Crippen molar-refractivity contribution in [2.24, 2.45) is 11.8 Å². The van der Waals surface area contributed by atoms with E-state index in [0.717, 1.165) is 67.2 Å². The molecule has 1 saturated heterocycles. The summed E-state index contributed by atoms with van der Waals surface area (Å²) in [5, 5.41) is 2.67. The summed E-state index contributed by atoms with van der Waals surface area (Å²) in [6.07, 6.45) is 11.3. The highest BCUT2D eigenvalue weighted by Crippen LogP contribution is 2.29. The van der Waals surface area contributed by atoms with Gasteiger partial charge in [-0.2, -0.15) is 0 Å². The zero-order chi connectivity index (χ0) is 23.6. The molecule has 0 radical (unpaired) electrons. The highest BCUT2D eigenvalue weighted by molar-refractivity contribution is 5.78. The van der Waals surface area contributed by atoms with Gasteiger partial charge in [0, 0.05) is 32.5 Å². The van der Waals surface area contributed by atoms with Crippen LogP contribution in [0.4, 0.5) is 5.95 Å². The van der Waals surface area contributed by atoms with Crippen molar-refractivity contribution in [2.75, 3.05) is 31.6 Å². The number of likely N-dealkylation sites (N-methyl/N-ethyl adjacent to an activating group) is 1. The number of benzene rings is 1. The van der Waals surface area contributed by atoms with Gasteiger partial charge in [0.25, 0.3) is 0 Å². The summed E-state index contributed by atoms with van der Waals surface area (Å²) >= 11 is 0. The number of carbonyl (C=O) groups is 1. The van der Waals surface area contributed by atoms with Crippen molar-refractivity contribution in [3.05, 3.63) is 47.3 Å². The Balaban J connectivity index is 1.32. The van der Waals surface area contributed by atoms with Gasteiger partial charge in [-0.25, -0.2) is 9.97 Å². The van der Waals surface area contributed by atoms with Crippen molar-refractivity contribution in [2.45, 2.75) is 65.7 Å². The molecule has 1 fully saturated rings. The zero-order valence-electron chi connectivity index (χ0n) is 20.8. The maximum atomic E-state index is 11.6. The Morgan fingerprint density at radius 2 is 1.94 bits per heavy atom. The molecule has 0 aliphatic carbocycles. The van der Waals surface area contributed by atoms with Crippen LogP contribution in [-0.2, 0) is 17.6 Å². The van der Waals surface area contributed by atoms with Crippen LogP contribution in [-0.4, -0.2) is 42.6 Å². The van der Waals surface area contributed by atoms with Crippen molar-refractivity contribution >= 4 is 11.9 Å². The van der Waals surface area contributed by atoms with Gasteiger partial charge in [0.2, 0.25) is 11.9 Å². The minimum atomic E-state index is 0.0329. The number of hydrogen-bond acceptors (Lipinski definition) is 5. The normalized spacial score (nSPS) is 15.3. The van der Waals surface area contributed by atoms with Crippen molar-refractivity contribution in [1.82, 2.24) is 15.3 Å². The van der Waals surface area contributed by atoms with E-state index in [1.165, 1.54) is 31.2 Å². The molecular weight excluding hydrogens is 412 g/mol. The van der Waals surface area contributed by atoms with E-state index < -0.39 is 0 Å². The summed E-state index contributed by atoms with van der Waals surface area (Å²) in [6.45, 7) is 9.42. The second-order valence-corrected chi connectivity index (χ2v) is 9.33. The molecule has 0 spiro atoms. The van der Waals surface area contributed by atoms with Crippen LogP contribution < -0.4 is 15.0 Å². The number of aromatic nitrogens is 2. The van der Waals surface area contributed by atoms with Gasteiger partial charge in [-0.15, -0.1) is 0 Å². The van der Waals surface area contributed by atoms with Gasteiger partial charge in [0.05, 0.1) is 13.0 Å². The average Bonchev–Trinajstić information content (AvgIpc) is 2.85. The number of rotatable bonds is 11. The molecule has 1 amide bonds. The molecule has 2 aromatic rings. The number of nitrogens with zero attached hydrogens (tertiary/aromatic N) is 3. The van der Waals surface area contributed by atoms with Gasteiger partial charge in [-0.3, -0.25) is 4.79 Å². The third-order valence-corrected chi connectivity index (χ3v) is 6.99. The molecule has 1 unspecified atom stereocenters. The van der Waals surface area contributed by atoms with Crippen LogP contribution in [0.25, 0.3) is 0 Å². The summed E-state index contributed by atoms with van der Waals surface area (Å²) in [6, 6.07) is 6.01. The van der Waals surface area contributed by atoms with Crippen LogP contribution in [0.1, 0.15) is 62.6 Å². The number of amides is 1. The number of ether oxygens (including phenoxy) is 1. The number of unbranched alkanes of at least 4 members (excludes halogenated alkanes) is 1. The summed E-state index contributed by atoms with van der Waals surface area (Å²) in [4.78, 5) is 23.0. The molecule has 3 rings (SSSR count). The van der Waals surface area contributed by atoms with Crippen molar-refractivity contribution < 1.29 is 9.53 Å². The minimum absolute atomic E-state index is 0.0329. The summed E-state index contributed by atoms with van der Waals surface area (Å²) in [7, 11) is 1.67. The van der Waals surface area contributed by atoms with Gasteiger partial charge >= 0.3 is 0 Å². The Morgan fingerprint density at radius 1 is 1.21 bits per heavy atom. The fraction of sp³-hybridized carbons (Fsp3) is 0.593. The smallest absolute Gasteiger partial charge is 0.225 e. The number of hydrogen-bond donors (Lipinski definition) is 1. The maximum absolute atomic E-state index is 11.6. The van der Waals surface area contributed by atoms with E-state index in [-0.39, 0.29) is 5.91 Å². The third-order valence-electron chi connectivity index (χ3n) is 6.99. The molecule has 1 aromatic carbocycles. The first-order chi connectivity index (χ1) is 16.0. The van der Waals surface area contributed by atoms with Gasteiger partial charge in [0.1, 0.15) is 5.75 Å². The molecule has 6 heteroatoms. The highest BCUT2D eigenvalue weighted by atomic mass is 16.5. The van der Waals surface area contributed by atoms with E-state index >= 15 is 0 Å². The van der Waals surface area contributed by atoms with E-state index in [1.807, 2.05) is 37.5 Å². The molecular formula is C27H40N4O2. The first-order valence-corrected chi connectivity index (χ1v) is 12.5. The Morgan fingerprint density at radius 3 is 2.58 bits per heavy atom. The van der Waals surface area contributed by atoms with Crippen molar-refractivity contribution in [3.8, 4) is 5.75 Å². The lowest BCUT2D eigenvalue weighted by atomic mass is 9.83. The predicted octanol–water partition coefficient (Wildman–Crippen LogP) is 4.74. The van der Waals surface area contributed by atoms with Crippen LogP contribution in [0.5, 0.6) is 5.75 Å². The van der Waals surface area contributed by atoms with Crippen LogP contribution in [0.3, 0.4) is 0 Å². The molecule has 1 aliphatic heterocycles. The fourth-order valence-electron chi connectivity index (χ4n) is 4.57. The summed E-state index contributed by atoms with van der Waals surface area (Å²) < 4.78 is 5.96. The lowest BCUT2D eigenvalue weighted by Gasteiger charge is -2.35. The first-order valence-electron chi connectivity index (χ1n) is 12.5. The van der Waals surface area contributed by atoms with E-state index in [2.05, 4.69) is 34.0 Å². The van der Waals surface area contributed by atoms with Gasteiger partial charge < -0.3 is 15.0 Å². The van der Waals surface area contributed by atoms with Crippen LogP contribution in [0, 0.1) is 18.8 Å². The molecule has 33 heavy (non-hydrogen) atoms. The van der Waals surface area contributed by atoms with Gasteiger partial charge in [-0.05, 0) is 79.7 Å². The second kappa shape index (κ2) is 12.6. The quantitative estimate of drug-likeness (QED) is 0.499. The van der Waals surface area contributed by atoms with Gasteiger partial charge in [-0.1, -0.05) is 26.3 Å². The van der Waals surface area contributed by atoms with Crippen LogP contribution in [0.15, 0.2) is 30.6 Å². The lowest BCUT2D eigenvalue weighted by Crippen LogP contribution is -2.36. The standard InChI is InChI=1S/C27H40N4O2/c1-5-22-18-29-27(30-19-22)31-13-11-23(12-14-31)20(2)8-6-7-15-33-25-10-9-24(21(3)16-25)17-26(32)28-4/h9-10,16,18-20,23H,5-8,11-15,17H2,1-4H3,(H,28,32). The first kappa shape index (κ1) is 25.0. The van der Waals surface area contributed by atoms with Gasteiger partial charge in [0.15, 0.2) is 0 Å². The second-order valence-electron chi connectivity index (χ2n) is 9.33. The average molecular weight is 453 g/mol. The number of nitrogens with one attached hydrogen (secondary N) is 1. The monoisotopic (exact) mass is 452 g/mol. The number of aryl methyl sites for hydroxylation is 2. The number of piperidine rings is 1. The van der Waals surface area contributed by atoms with Crippen molar-refractivity contribution in [3.63, 3.8) is 0 Å². The molecule has 6 nitrogen and oxygen atoms in total. The Kier molecular flexibility index (Phi) is 9.52. The van der Waals surface area contributed by atoms with Crippen molar-refractivity contribution in [1.29, 1.82) is 0 Å². The van der Waals surface area contributed by atoms with E-state index in [9.17, 15) is 4.79 Å². The molecule has 1 aromatic heterocycles. The molecule has 0 bridgehead atoms. The largest absolute Gasteiger partial charge is 0.494 e. The number of anilines is 1. The number of carbonyl (C=O) groups excluding carboxylic acids is 1. The maximum Gasteiger partial charge on any atom is 0.225 e. The minimum Gasteiger partial charge on any atom is -0.494 e. The van der Waals surface area contributed by atoms with Crippen LogP contribution in [0.2, 0.25) is 0 Å². The van der Waals surface area contributed by atoms with E-state index in [1.54, 1.807) is 7.05 Å². The van der Waals surface area contributed by atoms with Crippen LogP contribution >= 0.6 is 0 Å². The predicted molar refractivity (Wildman–Crippen MR) is 134 cm³/mol. The SMILES string of the molecule is CCc1cnc(N2CCC(C(C)CCCCOc3ccc(CC(=O)NC)c(C)c3)CC2)nc1. The fourth-order valence-corrected chi connectivity index (χ4v) is 4.57. The summed E-state index contributed by atoms with van der Waals surface area (Å²) in [5.41, 5.74) is 3.34. The molecule has 1 aliphatic rings. The Labute approximate surface area is 199 Å². The van der Waals surface area contributed by atoms with E-state index in [4.69, 9.17) is 4.74 Å². The van der Waals surface area contributed by atoms with E-state index in [0.29, 0.717) is 6.42 Å². The Hall–Kier alpha value is -2.63. The lowest BCUT2D eigenvalue weighted by molar-refractivity contribution is -0.119. The molecule has 0 saturated carbocycles. The molecule has 180 valence electrons. The summed E-state index contributed by atoms with van der Waals surface area (Å²) in [5.74, 6) is 3.33. The molecule has 1 atom stereocenters. The Bertz CT molecular complexity index is 876. The topological polar surface area (TPSA) is 67.4 Å². The highest BCUT2D eigenvalue weighted by Gasteiger charge is 2.24.